The molecule has 0 amide bonds. The molecule has 1 heterocycles. The number of hydrogen-bond acceptors (Lipinski definition) is 4. The van der Waals surface area contributed by atoms with Crippen LogP contribution in [0, 0.1) is 5.92 Å². The largest absolute Gasteiger partial charge is 0.508 e. The number of para-hydroxylation sites is 1. The Hall–Kier alpha value is -2.33. The van der Waals surface area contributed by atoms with Crippen molar-refractivity contribution >= 4 is 11.5 Å². The molecule has 2 unspecified atom stereocenters. The van der Waals surface area contributed by atoms with Crippen molar-refractivity contribution < 1.29 is 9.90 Å². The van der Waals surface area contributed by atoms with E-state index in [-0.39, 0.29) is 11.2 Å². The van der Waals surface area contributed by atoms with Gasteiger partial charge >= 0.3 is 0 Å². The predicted molar refractivity (Wildman–Crippen MR) is 106 cm³/mol. The Kier molecular flexibility index (Phi) is 5.62. The van der Waals surface area contributed by atoms with E-state index in [1.807, 2.05) is 42.5 Å². The fraction of sp³-hybridized carbons (Fsp3) is 0.409. The molecule has 0 spiro atoms. The van der Waals surface area contributed by atoms with Crippen molar-refractivity contribution in [1.82, 2.24) is 4.90 Å². The van der Waals surface area contributed by atoms with Gasteiger partial charge in [-0.1, -0.05) is 44.2 Å². The maximum absolute atomic E-state index is 12.3. The zero-order valence-electron chi connectivity index (χ0n) is 15.6. The quantitative estimate of drug-likeness (QED) is 0.833. The number of Topliss-reactive ketones (excluding diaryl/α,β-unsaturated/α-hetero) is 1. The highest BCUT2D eigenvalue weighted by atomic mass is 16.3. The van der Waals surface area contributed by atoms with E-state index in [1.54, 1.807) is 6.07 Å². The number of rotatable bonds is 6. The summed E-state index contributed by atoms with van der Waals surface area (Å²) >= 11 is 0. The van der Waals surface area contributed by atoms with E-state index in [1.165, 1.54) is 5.56 Å². The molecule has 0 bridgehead atoms. The van der Waals surface area contributed by atoms with E-state index in [0.29, 0.717) is 24.8 Å². The first-order valence-electron chi connectivity index (χ1n) is 9.30. The first kappa shape index (κ1) is 18.5. The molecule has 4 nitrogen and oxygen atoms in total. The van der Waals surface area contributed by atoms with Gasteiger partial charge in [0.15, 0.2) is 5.78 Å². The van der Waals surface area contributed by atoms with Crippen molar-refractivity contribution in [2.45, 2.75) is 25.7 Å². The van der Waals surface area contributed by atoms with Gasteiger partial charge in [-0.3, -0.25) is 9.69 Å². The van der Waals surface area contributed by atoms with Crippen molar-refractivity contribution in [3.05, 3.63) is 60.2 Å². The van der Waals surface area contributed by atoms with Gasteiger partial charge in [-0.15, -0.1) is 0 Å². The van der Waals surface area contributed by atoms with Crippen LogP contribution in [0.3, 0.4) is 0 Å². The van der Waals surface area contributed by atoms with Crippen LogP contribution in [0.4, 0.5) is 5.69 Å². The van der Waals surface area contributed by atoms with Crippen LogP contribution in [-0.2, 0) is 10.2 Å². The van der Waals surface area contributed by atoms with Gasteiger partial charge in [-0.2, -0.15) is 0 Å². The highest BCUT2D eigenvalue weighted by Crippen LogP contribution is 2.40. The topological polar surface area (TPSA) is 52.6 Å². The van der Waals surface area contributed by atoms with Crippen LogP contribution in [0.2, 0.25) is 0 Å². The highest BCUT2D eigenvalue weighted by molar-refractivity contribution is 5.84. The standard InChI is InChI=1S/C22H28N2O2/c1-17-15-24(16-21(26)14-23-19-8-4-3-5-9-19)12-11-22(17,2)18-7-6-10-20(25)13-18/h3-10,13,17,23,25H,11-12,14-16H2,1-2H3. The van der Waals surface area contributed by atoms with E-state index in [4.69, 9.17) is 0 Å². The summed E-state index contributed by atoms with van der Waals surface area (Å²) in [5.41, 5.74) is 2.19. The average molecular weight is 352 g/mol. The molecule has 1 fully saturated rings. The first-order valence-corrected chi connectivity index (χ1v) is 9.30. The predicted octanol–water partition coefficient (Wildman–Crippen LogP) is 3.67. The lowest BCUT2D eigenvalue weighted by Crippen LogP contribution is -2.49. The first-order chi connectivity index (χ1) is 12.5. The third-order valence-electron chi connectivity index (χ3n) is 5.74. The number of hydrogen-bond donors (Lipinski definition) is 2. The molecule has 2 atom stereocenters. The van der Waals surface area contributed by atoms with Crippen molar-refractivity contribution in [3.8, 4) is 5.75 Å². The third-order valence-corrected chi connectivity index (χ3v) is 5.74. The van der Waals surface area contributed by atoms with Crippen LogP contribution in [0.5, 0.6) is 5.75 Å². The van der Waals surface area contributed by atoms with Crippen LogP contribution in [0.25, 0.3) is 0 Å². The Bertz CT molecular complexity index is 747. The van der Waals surface area contributed by atoms with Gasteiger partial charge in [0, 0.05) is 12.2 Å². The van der Waals surface area contributed by atoms with Crippen LogP contribution in [-0.4, -0.2) is 42.0 Å². The molecule has 0 aliphatic carbocycles. The van der Waals surface area contributed by atoms with E-state index in [2.05, 4.69) is 30.1 Å². The normalized spacial score (nSPS) is 23.5. The Labute approximate surface area is 155 Å². The molecule has 2 aromatic rings. The molecule has 2 aromatic carbocycles. The van der Waals surface area contributed by atoms with E-state index < -0.39 is 0 Å². The zero-order valence-corrected chi connectivity index (χ0v) is 15.6. The number of carbonyl (C=O) groups excluding carboxylic acids is 1. The van der Waals surface area contributed by atoms with Crippen LogP contribution in [0.1, 0.15) is 25.8 Å². The molecule has 2 N–H and O–H groups in total. The Morgan fingerprint density at radius 2 is 2.00 bits per heavy atom. The van der Waals surface area contributed by atoms with Gasteiger partial charge in [0.05, 0.1) is 13.1 Å². The SMILES string of the molecule is CC1CN(CC(=O)CNc2ccccc2)CCC1(C)c1cccc(O)c1. The fourth-order valence-electron chi connectivity index (χ4n) is 3.81. The zero-order chi connectivity index (χ0) is 18.6. The molecular formula is C22H28N2O2. The summed E-state index contributed by atoms with van der Waals surface area (Å²) in [6.07, 6.45) is 0.983. The average Bonchev–Trinajstić information content (AvgIpc) is 2.64. The van der Waals surface area contributed by atoms with Crippen molar-refractivity contribution in [2.24, 2.45) is 5.92 Å². The molecule has 138 valence electrons. The molecule has 0 aromatic heterocycles. The van der Waals surface area contributed by atoms with Gasteiger partial charge in [0.2, 0.25) is 0 Å². The molecular weight excluding hydrogens is 324 g/mol. The summed E-state index contributed by atoms with van der Waals surface area (Å²) in [5.74, 6) is 0.940. The second-order valence-electron chi connectivity index (χ2n) is 7.61. The Morgan fingerprint density at radius 1 is 1.23 bits per heavy atom. The van der Waals surface area contributed by atoms with Crippen molar-refractivity contribution in [1.29, 1.82) is 0 Å². The van der Waals surface area contributed by atoms with Crippen LogP contribution < -0.4 is 5.32 Å². The number of phenolic OH excluding ortho intramolecular Hbond substituents is 1. The summed E-state index contributed by atoms with van der Waals surface area (Å²) < 4.78 is 0. The van der Waals surface area contributed by atoms with Gasteiger partial charge in [-0.05, 0) is 54.1 Å². The lowest BCUT2D eigenvalue weighted by Gasteiger charge is -2.45. The maximum atomic E-state index is 12.3. The highest BCUT2D eigenvalue weighted by Gasteiger charge is 2.38. The monoisotopic (exact) mass is 352 g/mol. The van der Waals surface area contributed by atoms with Crippen molar-refractivity contribution in [3.63, 3.8) is 0 Å². The minimum atomic E-state index is 0.0283. The van der Waals surface area contributed by atoms with Gasteiger partial charge < -0.3 is 10.4 Å². The van der Waals surface area contributed by atoms with Gasteiger partial charge in [-0.25, -0.2) is 0 Å². The molecule has 1 saturated heterocycles. The molecule has 1 aliphatic rings. The molecule has 26 heavy (non-hydrogen) atoms. The summed E-state index contributed by atoms with van der Waals surface area (Å²) in [4.78, 5) is 14.6. The number of likely N-dealkylation sites (tertiary alicyclic amines) is 1. The Morgan fingerprint density at radius 3 is 2.69 bits per heavy atom. The van der Waals surface area contributed by atoms with Gasteiger partial charge in [0.1, 0.15) is 5.75 Å². The molecule has 1 aliphatic heterocycles. The fourth-order valence-corrected chi connectivity index (χ4v) is 3.81. The van der Waals surface area contributed by atoms with Gasteiger partial charge in [0.25, 0.3) is 0 Å². The molecule has 3 rings (SSSR count). The minimum Gasteiger partial charge on any atom is -0.508 e. The number of phenols is 1. The van der Waals surface area contributed by atoms with E-state index >= 15 is 0 Å². The smallest absolute Gasteiger partial charge is 0.165 e. The molecule has 0 saturated carbocycles. The number of aromatic hydroxyl groups is 1. The van der Waals surface area contributed by atoms with Crippen LogP contribution in [0.15, 0.2) is 54.6 Å². The molecule has 4 heteroatoms. The second-order valence-corrected chi connectivity index (χ2v) is 7.61. The minimum absolute atomic E-state index is 0.0283. The summed E-state index contributed by atoms with van der Waals surface area (Å²) in [5, 5.41) is 13.0. The number of ketones is 1. The van der Waals surface area contributed by atoms with E-state index in [9.17, 15) is 9.90 Å². The summed E-state index contributed by atoms with van der Waals surface area (Å²) in [6.45, 7) is 7.14. The van der Waals surface area contributed by atoms with Crippen LogP contribution >= 0.6 is 0 Å². The van der Waals surface area contributed by atoms with E-state index in [0.717, 1.165) is 25.2 Å². The molecule has 0 radical (unpaired) electrons. The third kappa shape index (κ3) is 4.25. The lowest BCUT2D eigenvalue weighted by atomic mass is 9.68. The number of nitrogens with zero attached hydrogens (tertiary/aromatic N) is 1. The Balaban J connectivity index is 1.54. The number of anilines is 1. The van der Waals surface area contributed by atoms with Crippen molar-refractivity contribution in [2.75, 3.05) is 31.5 Å². The number of carbonyl (C=O) groups is 1. The second kappa shape index (κ2) is 7.92. The maximum Gasteiger partial charge on any atom is 0.165 e. The summed E-state index contributed by atoms with van der Waals surface area (Å²) in [6, 6.07) is 17.4. The summed E-state index contributed by atoms with van der Waals surface area (Å²) in [7, 11) is 0. The number of benzene rings is 2. The lowest BCUT2D eigenvalue weighted by molar-refractivity contribution is -0.119. The number of nitrogens with one attached hydrogen (secondary N) is 1. The number of piperidine rings is 1.